The van der Waals surface area contributed by atoms with E-state index in [1.807, 2.05) is 19.1 Å². The van der Waals surface area contributed by atoms with Crippen LogP contribution in [0.5, 0.6) is 0 Å². The molecule has 1 aromatic heterocycles. The summed E-state index contributed by atoms with van der Waals surface area (Å²) < 4.78 is 5.52. The molecule has 3 aromatic rings. The normalized spacial score (nSPS) is 11.1. The van der Waals surface area contributed by atoms with Crippen molar-refractivity contribution in [2.24, 2.45) is 0 Å². The van der Waals surface area contributed by atoms with E-state index in [0.29, 0.717) is 12.0 Å². The molecule has 3 rings (SSSR count). The summed E-state index contributed by atoms with van der Waals surface area (Å²) >= 11 is 0. The Morgan fingerprint density at radius 2 is 1.65 bits per heavy atom. The molecule has 0 bridgehead atoms. The van der Waals surface area contributed by atoms with E-state index in [0.717, 1.165) is 34.4 Å². The zero-order valence-corrected chi connectivity index (χ0v) is 15.4. The summed E-state index contributed by atoms with van der Waals surface area (Å²) in [6.07, 6.45) is 2.49. The Bertz CT molecular complexity index is 896. The van der Waals surface area contributed by atoms with Gasteiger partial charge in [0.25, 0.3) is 0 Å². The van der Waals surface area contributed by atoms with Crippen LogP contribution in [0.2, 0.25) is 0 Å². The van der Waals surface area contributed by atoms with Gasteiger partial charge in [0.15, 0.2) is 0 Å². The first kappa shape index (κ1) is 16.4. The maximum absolute atomic E-state index is 12.0. The van der Waals surface area contributed by atoms with Crippen LogP contribution >= 0.6 is 18.5 Å². The van der Waals surface area contributed by atoms with E-state index in [4.69, 9.17) is 4.42 Å². The highest BCUT2D eigenvalue weighted by atomic mass is 31.0. The zero-order chi connectivity index (χ0) is 16.4. The molecule has 0 spiro atoms. The van der Waals surface area contributed by atoms with E-state index in [2.05, 4.69) is 48.8 Å². The minimum absolute atomic E-state index is 0.233. The first-order valence-corrected chi connectivity index (χ1v) is 9.38. The molecule has 23 heavy (non-hydrogen) atoms. The van der Waals surface area contributed by atoms with Gasteiger partial charge < -0.3 is 4.42 Å². The second-order valence-electron chi connectivity index (χ2n) is 5.57. The molecule has 2 atom stereocenters. The van der Waals surface area contributed by atoms with Crippen LogP contribution in [-0.4, -0.2) is 0 Å². The number of hydrogen-bond acceptors (Lipinski definition) is 2. The van der Waals surface area contributed by atoms with Crippen molar-refractivity contribution in [3.8, 4) is 11.1 Å². The van der Waals surface area contributed by atoms with Crippen molar-refractivity contribution in [3.63, 3.8) is 0 Å². The molecule has 0 aliphatic rings. The Kier molecular flexibility index (Phi) is 4.95. The van der Waals surface area contributed by atoms with Crippen molar-refractivity contribution in [1.29, 1.82) is 0 Å². The van der Waals surface area contributed by atoms with E-state index in [1.165, 1.54) is 11.1 Å². The van der Waals surface area contributed by atoms with Crippen LogP contribution in [0.25, 0.3) is 22.1 Å². The first-order valence-electron chi connectivity index (χ1n) is 7.75. The Hall–Kier alpha value is -1.49. The highest BCUT2D eigenvalue weighted by Crippen LogP contribution is 2.30. The van der Waals surface area contributed by atoms with Crippen molar-refractivity contribution in [3.05, 3.63) is 69.6 Å². The van der Waals surface area contributed by atoms with Crippen LogP contribution in [0.1, 0.15) is 23.6 Å². The molecule has 1 heterocycles. The van der Waals surface area contributed by atoms with E-state index in [1.54, 1.807) is 0 Å². The third kappa shape index (κ3) is 3.25. The second-order valence-corrected chi connectivity index (χ2v) is 6.38. The first-order chi connectivity index (χ1) is 11.2. The Morgan fingerprint density at radius 1 is 0.957 bits per heavy atom. The summed E-state index contributed by atoms with van der Waals surface area (Å²) in [6, 6.07) is 14.6. The van der Waals surface area contributed by atoms with Crippen molar-refractivity contribution in [2.75, 3.05) is 0 Å². The lowest BCUT2D eigenvalue weighted by molar-refractivity contribution is 0.551. The highest BCUT2D eigenvalue weighted by Gasteiger charge is 2.10. The summed E-state index contributed by atoms with van der Waals surface area (Å²) in [6.45, 7) is 1.97. The van der Waals surface area contributed by atoms with Gasteiger partial charge in [-0.3, -0.25) is 0 Å². The summed E-state index contributed by atoms with van der Waals surface area (Å²) in [4.78, 5) is 12.0. The fraction of sp³-hybridized carbons (Fsp3) is 0.211. The van der Waals surface area contributed by atoms with Crippen LogP contribution in [0.15, 0.2) is 51.7 Å². The van der Waals surface area contributed by atoms with Crippen molar-refractivity contribution >= 4 is 29.4 Å². The fourth-order valence-corrected chi connectivity index (χ4v) is 3.37. The van der Waals surface area contributed by atoms with Crippen LogP contribution in [0.3, 0.4) is 0 Å². The van der Waals surface area contributed by atoms with E-state index in [-0.39, 0.29) is 5.63 Å². The van der Waals surface area contributed by atoms with Gasteiger partial charge >= 0.3 is 5.63 Å². The van der Waals surface area contributed by atoms with Gasteiger partial charge in [-0.05, 0) is 59.2 Å². The fourth-order valence-electron chi connectivity index (χ4n) is 2.76. The van der Waals surface area contributed by atoms with E-state index >= 15 is 0 Å². The van der Waals surface area contributed by atoms with Crippen molar-refractivity contribution in [1.82, 2.24) is 0 Å². The smallest absolute Gasteiger partial charge is 0.339 e. The molecule has 0 radical (unpaired) electrons. The number of aryl methyl sites for hydroxylation is 1. The number of rotatable bonds is 4. The average molecular weight is 342 g/mol. The number of fused-ring (bicyclic) bond motifs is 1. The largest absolute Gasteiger partial charge is 0.423 e. The van der Waals surface area contributed by atoms with Crippen molar-refractivity contribution in [2.45, 2.75) is 25.7 Å². The monoisotopic (exact) mass is 342 g/mol. The summed E-state index contributed by atoms with van der Waals surface area (Å²) in [7, 11) is 5.52. The summed E-state index contributed by atoms with van der Waals surface area (Å²) in [5, 5.41) is 0.990. The van der Waals surface area contributed by atoms with E-state index in [9.17, 15) is 4.79 Å². The predicted octanol–water partition coefficient (Wildman–Crippen LogP) is 4.77. The minimum atomic E-state index is -0.233. The standard InChI is InChI=1S/C19H20O2P2/c1-2-13-7-15-8-16(11-23)17(9-18(15)21-19(13)20)14-5-3-12(10-22)4-6-14/h3-9H,2,10-11,22-23H2,1H3. The quantitative estimate of drug-likeness (QED) is 0.505. The van der Waals surface area contributed by atoms with Crippen LogP contribution in [0, 0.1) is 0 Å². The third-order valence-electron chi connectivity index (χ3n) is 4.13. The molecule has 118 valence electrons. The molecule has 0 aliphatic carbocycles. The SMILES string of the molecule is CCc1cc2cc(CP)c(-c3ccc(CP)cc3)cc2oc1=O. The van der Waals surface area contributed by atoms with Gasteiger partial charge in [0.05, 0.1) is 0 Å². The molecule has 0 saturated heterocycles. The number of hydrogen-bond donors (Lipinski definition) is 0. The van der Waals surface area contributed by atoms with Crippen LogP contribution in [-0.2, 0) is 18.7 Å². The zero-order valence-electron chi connectivity index (χ0n) is 13.1. The topological polar surface area (TPSA) is 30.2 Å². The lowest BCUT2D eigenvalue weighted by atomic mass is 9.97. The number of benzene rings is 2. The molecular formula is C19H20O2P2. The molecule has 0 fully saturated rings. The van der Waals surface area contributed by atoms with Crippen LogP contribution in [0.4, 0.5) is 0 Å². The molecule has 0 aliphatic heterocycles. The second kappa shape index (κ2) is 6.95. The van der Waals surface area contributed by atoms with Gasteiger partial charge in [0.1, 0.15) is 5.58 Å². The van der Waals surface area contributed by atoms with Gasteiger partial charge in [-0.1, -0.05) is 31.2 Å². The molecule has 0 amide bonds. The molecular weight excluding hydrogens is 322 g/mol. The van der Waals surface area contributed by atoms with E-state index < -0.39 is 0 Å². The van der Waals surface area contributed by atoms with Crippen molar-refractivity contribution < 1.29 is 4.42 Å². The lowest BCUT2D eigenvalue weighted by Crippen LogP contribution is -2.05. The van der Waals surface area contributed by atoms with Gasteiger partial charge in [-0.2, -0.15) is 0 Å². The highest BCUT2D eigenvalue weighted by molar-refractivity contribution is 7.15. The van der Waals surface area contributed by atoms with Gasteiger partial charge in [0, 0.05) is 10.9 Å². The Morgan fingerprint density at radius 3 is 2.26 bits per heavy atom. The van der Waals surface area contributed by atoms with Gasteiger partial charge in [-0.25, -0.2) is 4.79 Å². The summed E-state index contributed by atoms with van der Waals surface area (Å²) in [5.74, 6) is 0. The molecule has 2 nitrogen and oxygen atoms in total. The van der Waals surface area contributed by atoms with Gasteiger partial charge in [0.2, 0.25) is 0 Å². The van der Waals surface area contributed by atoms with Gasteiger partial charge in [-0.15, -0.1) is 18.5 Å². The predicted molar refractivity (Wildman–Crippen MR) is 104 cm³/mol. The third-order valence-corrected chi connectivity index (χ3v) is 5.04. The molecule has 2 aromatic carbocycles. The molecule has 0 N–H and O–H groups in total. The molecule has 4 heteroatoms. The maximum Gasteiger partial charge on any atom is 0.339 e. The van der Waals surface area contributed by atoms with Crippen LogP contribution < -0.4 is 5.63 Å². The summed E-state index contributed by atoms with van der Waals surface area (Å²) in [5.41, 5.74) is 5.93. The minimum Gasteiger partial charge on any atom is -0.423 e. The lowest BCUT2D eigenvalue weighted by Gasteiger charge is -2.11. The Labute approximate surface area is 140 Å². The maximum atomic E-state index is 12.0. The Balaban J connectivity index is 2.20. The molecule has 0 saturated carbocycles. The molecule has 2 unspecified atom stereocenters. The average Bonchev–Trinajstić information content (AvgIpc) is 2.60.